The molecule has 0 aliphatic carbocycles. The summed E-state index contributed by atoms with van der Waals surface area (Å²) in [6, 6.07) is 7.06. The Labute approximate surface area is 167 Å². The van der Waals surface area contributed by atoms with Crippen LogP contribution in [0.5, 0.6) is 5.75 Å². The Morgan fingerprint density at radius 3 is 2.57 bits per heavy atom. The van der Waals surface area contributed by atoms with Gasteiger partial charge >= 0.3 is 5.97 Å². The van der Waals surface area contributed by atoms with Crippen LogP contribution < -0.4 is 10.1 Å². The monoisotopic (exact) mass is 388 g/mol. The Balaban J connectivity index is 1.47. The van der Waals surface area contributed by atoms with Crippen molar-refractivity contribution >= 4 is 11.9 Å². The number of hydrogen-bond donors (Lipinski definition) is 2. The van der Waals surface area contributed by atoms with Crippen LogP contribution in [0, 0.1) is 5.92 Å². The molecule has 0 spiro atoms. The van der Waals surface area contributed by atoms with Gasteiger partial charge in [0.15, 0.2) is 0 Å². The van der Waals surface area contributed by atoms with Crippen LogP contribution >= 0.6 is 0 Å². The van der Waals surface area contributed by atoms with Crippen LogP contribution in [0.2, 0.25) is 0 Å². The van der Waals surface area contributed by atoms with Crippen molar-refractivity contribution in [2.45, 2.75) is 57.4 Å². The van der Waals surface area contributed by atoms with Crippen molar-refractivity contribution in [2.75, 3.05) is 26.2 Å². The van der Waals surface area contributed by atoms with Gasteiger partial charge in [0.1, 0.15) is 5.75 Å². The lowest BCUT2D eigenvalue weighted by molar-refractivity contribution is -0.138. The zero-order chi connectivity index (χ0) is 19.8. The number of likely N-dealkylation sites (tertiary alicyclic amines) is 1. The second-order valence-corrected chi connectivity index (χ2v) is 7.95. The third-order valence-electron chi connectivity index (χ3n) is 5.88. The zero-order valence-corrected chi connectivity index (χ0v) is 16.6. The molecule has 2 aliphatic rings. The second kappa shape index (κ2) is 10.5. The number of amides is 1. The molecule has 1 atom stereocenters. The molecule has 2 aliphatic heterocycles. The van der Waals surface area contributed by atoms with Crippen molar-refractivity contribution in [2.24, 2.45) is 5.92 Å². The summed E-state index contributed by atoms with van der Waals surface area (Å²) in [5.41, 5.74) is 0.597. The van der Waals surface area contributed by atoms with E-state index in [4.69, 9.17) is 9.84 Å². The molecule has 2 fully saturated rings. The van der Waals surface area contributed by atoms with E-state index in [1.807, 2.05) is 12.1 Å². The van der Waals surface area contributed by atoms with Gasteiger partial charge in [0.2, 0.25) is 0 Å². The molecule has 28 heavy (non-hydrogen) atoms. The molecule has 1 unspecified atom stereocenters. The van der Waals surface area contributed by atoms with E-state index in [0.29, 0.717) is 18.7 Å². The first-order chi connectivity index (χ1) is 13.6. The minimum absolute atomic E-state index is 0.0178. The van der Waals surface area contributed by atoms with E-state index in [1.54, 1.807) is 17.0 Å². The minimum Gasteiger partial charge on any atom is -0.494 e. The van der Waals surface area contributed by atoms with Crippen LogP contribution in [0.3, 0.4) is 0 Å². The number of aliphatic carboxylic acids is 1. The van der Waals surface area contributed by atoms with Gasteiger partial charge in [-0.1, -0.05) is 0 Å². The zero-order valence-electron chi connectivity index (χ0n) is 16.6. The Morgan fingerprint density at radius 1 is 1.11 bits per heavy atom. The molecule has 0 bridgehead atoms. The molecular formula is C22H32N2O4. The Morgan fingerprint density at radius 2 is 1.86 bits per heavy atom. The summed E-state index contributed by atoms with van der Waals surface area (Å²) in [4.78, 5) is 25.6. The molecule has 2 N–H and O–H groups in total. The van der Waals surface area contributed by atoms with Crippen molar-refractivity contribution < 1.29 is 19.4 Å². The number of benzene rings is 1. The lowest BCUT2D eigenvalue weighted by atomic mass is 9.93. The average Bonchev–Trinajstić information content (AvgIpc) is 2.72. The summed E-state index contributed by atoms with van der Waals surface area (Å²) >= 11 is 0. The maximum absolute atomic E-state index is 12.8. The number of nitrogens with zero attached hydrogens (tertiary/aromatic N) is 1. The smallest absolute Gasteiger partial charge is 0.305 e. The van der Waals surface area contributed by atoms with Crippen LogP contribution in [-0.2, 0) is 4.79 Å². The van der Waals surface area contributed by atoms with Gasteiger partial charge in [-0.3, -0.25) is 9.59 Å². The van der Waals surface area contributed by atoms with E-state index in [2.05, 4.69) is 5.32 Å². The molecule has 6 nitrogen and oxygen atoms in total. The Bertz CT molecular complexity index is 640. The minimum atomic E-state index is -0.849. The summed E-state index contributed by atoms with van der Waals surface area (Å²) < 4.78 is 5.83. The van der Waals surface area contributed by atoms with E-state index >= 15 is 0 Å². The Hall–Kier alpha value is -2.08. The van der Waals surface area contributed by atoms with Crippen LogP contribution in [0.4, 0.5) is 0 Å². The number of carbonyl (C=O) groups excluding carboxylic acids is 1. The quantitative estimate of drug-likeness (QED) is 0.668. The summed E-state index contributed by atoms with van der Waals surface area (Å²) in [6.07, 6.45) is 7.47. The maximum Gasteiger partial charge on any atom is 0.305 e. The summed E-state index contributed by atoms with van der Waals surface area (Å²) in [6.45, 7) is 3.59. The van der Waals surface area contributed by atoms with Crippen LogP contribution in [-0.4, -0.2) is 54.2 Å². The van der Waals surface area contributed by atoms with Crippen molar-refractivity contribution in [3.8, 4) is 5.75 Å². The van der Waals surface area contributed by atoms with E-state index in [-0.39, 0.29) is 18.4 Å². The normalized spacial score (nSPS) is 20.7. The van der Waals surface area contributed by atoms with Crippen molar-refractivity contribution in [1.82, 2.24) is 10.2 Å². The highest BCUT2D eigenvalue weighted by Gasteiger charge is 2.29. The standard InChI is InChI=1S/C22H32N2O4/c25-21(26)16-19-5-1-2-14-24(19)22(27)18-6-8-20(9-7-18)28-15-3-4-17-10-12-23-13-11-17/h6-9,17,19,23H,1-5,10-16H2,(H,25,26). The number of hydrogen-bond acceptors (Lipinski definition) is 4. The lowest BCUT2D eigenvalue weighted by Crippen LogP contribution is -2.44. The molecule has 1 aromatic carbocycles. The molecule has 0 radical (unpaired) electrons. The fraction of sp³-hybridized carbons (Fsp3) is 0.636. The lowest BCUT2D eigenvalue weighted by Gasteiger charge is -2.35. The first-order valence-electron chi connectivity index (χ1n) is 10.6. The topological polar surface area (TPSA) is 78.9 Å². The van der Waals surface area contributed by atoms with Gasteiger partial charge in [0, 0.05) is 18.2 Å². The first kappa shape index (κ1) is 20.6. The number of nitrogens with one attached hydrogen (secondary N) is 1. The SMILES string of the molecule is O=C(O)CC1CCCCN1C(=O)c1ccc(OCCCC2CCNCC2)cc1. The second-order valence-electron chi connectivity index (χ2n) is 7.95. The number of rotatable bonds is 8. The van der Waals surface area contributed by atoms with E-state index in [1.165, 1.54) is 19.3 Å². The van der Waals surface area contributed by atoms with E-state index in [9.17, 15) is 9.59 Å². The van der Waals surface area contributed by atoms with Crippen molar-refractivity contribution in [3.05, 3.63) is 29.8 Å². The van der Waals surface area contributed by atoms with Gasteiger partial charge in [-0.05, 0) is 88.2 Å². The molecule has 1 amide bonds. The molecule has 154 valence electrons. The molecule has 0 aromatic heterocycles. The molecule has 1 aromatic rings. The van der Waals surface area contributed by atoms with E-state index in [0.717, 1.165) is 50.4 Å². The van der Waals surface area contributed by atoms with Gasteiger partial charge in [-0.2, -0.15) is 0 Å². The third-order valence-corrected chi connectivity index (χ3v) is 5.88. The summed E-state index contributed by atoms with van der Waals surface area (Å²) in [5.74, 6) is 0.664. The first-order valence-corrected chi connectivity index (χ1v) is 10.6. The largest absolute Gasteiger partial charge is 0.494 e. The fourth-order valence-electron chi connectivity index (χ4n) is 4.27. The van der Waals surface area contributed by atoms with Crippen LogP contribution in [0.25, 0.3) is 0 Å². The maximum atomic E-state index is 12.8. The van der Waals surface area contributed by atoms with Gasteiger partial charge in [0.25, 0.3) is 5.91 Å². The number of carbonyl (C=O) groups is 2. The summed E-state index contributed by atoms with van der Waals surface area (Å²) in [7, 11) is 0. The number of ether oxygens (including phenoxy) is 1. The van der Waals surface area contributed by atoms with Gasteiger partial charge in [0.05, 0.1) is 13.0 Å². The van der Waals surface area contributed by atoms with E-state index < -0.39 is 5.97 Å². The van der Waals surface area contributed by atoms with Gasteiger partial charge < -0.3 is 20.1 Å². The van der Waals surface area contributed by atoms with Crippen molar-refractivity contribution in [1.29, 1.82) is 0 Å². The molecule has 6 heteroatoms. The molecule has 3 rings (SSSR count). The number of carboxylic acid groups (broad SMARTS) is 1. The highest BCUT2D eigenvalue weighted by molar-refractivity contribution is 5.94. The van der Waals surface area contributed by atoms with Crippen LogP contribution in [0.1, 0.15) is 61.7 Å². The molecular weight excluding hydrogens is 356 g/mol. The predicted molar refractivity (Wildman–Crippen MR) is 108 cm³/mol. The van der Waals surface area contributed by atoms with Gasteiger partial charge in [-0.25, -0.2) is 0 Å². The fourth-order valence-corrected chi connectivity index (χ4v) is 4.27. The third kappa shape index (κ3) is 5.96. The highest BCUT2D eigenvalue weighted by Crippen LogP contribution is 2.23. The summed E-state index contributed by atoms with van der Waals surface area (Å²) in [5, 5.41) is 12.5. The average molecular weight is 389 g/mol. The predicted octanol–water partition coefficient (Wildman–Crippen LogP) is 3.31. The van der Waals surface area contributed by atoms with Crippen molar-refractivity contribution in [3.63, 3.8) is 0 Å². The number of piperidine rings is 2. The van der Waals surface area contributed by atoms with Gasteiger partial charge in [-0.15, -0.1) is 0 Å². The molecule has 2 saturated heterocycles. The highest BCUT2D eigenvalue weighted by atomic mass is 16.5. The number of carboxylic acids is 1. The molecule has 0 saturated carbocycles. The Kier molecular flexibility index (Phi) is 7.71. The van der Waals surface area contributed by atoms with Crippen LogP contribution in [0.15, 0.2) is 24.3 Å². The molecule has 2 heterocycles.